The second-order valence-corrected chi connectivity index (χ2v) is 3.38. The summed E-state index contributed by atoms with van der Waals surface area (Å²) in [7, 11) is 0. The summed E-state index contributed by atoms with van der Waals surface area (Å²) in [6, 6.07) is 11.3. The molecule has 0 atom stereocenters. The molecular weight excluding hydrogens is 246 g/mol. The van der Waals surface area contributed by atoms with Crippen molar-refractivity contribution >= 4 is 5.78 Å². The molecule has 2 rings (SSSR count). The average Bonchev–Trinajstić information content (AvgIpc) is 2.30. The maximum Gasteiger partial charge on any atom is 1.00 e. The molecule has 0 spiro atoms. The molecule has 4 heteroatoms. The van der Waals surface area contributed by atoms with Crippen molar-refractivity contribution in [1.29, 1.82) is 0 Å². The van der Waals surface area contributed by atoms with E-state index in [2.05, 4.69) is 0 Å². The van der Waals surface area contributed by atoms with E-state index in [0.29, 0.717) is 11.1 Å². The molecule has 80 valence electrons. The van der Waals surface area contributed by atoms with Gasteiger partial charge in [-0.3, -0.25) is 4.79 Å². The van der Waals surface area contributed by atoms with Crippen LogP contribution in [-0.4, -0.2) is 10.9 Å². The van der Waals surface area contributed by atoms with E-state index < -0.39 is 0 Å². The third-order valence-electron chi connectivity index (χ3n) is 2.24. The van der Waals surface area contributed by atoms with Crippen LogP contribution in [0.15, 0.2) is 48.5 Å². The summed E-state index contributed by atoms with van der Waals surface area (Å²) in [5.41, 5.74) is 0.886. The molecule has 0 amide bonds. The van der Waals surface area contributed by atoms with Gasteiger partial charge in [-0.15, -0.1) is 0 Å². The van der Waals surface area contributed by atoms with Gasteiger partial charge in [0.1, 0.15) is 11.6 Å². The number of rotatable bonds is 2. The van der Waals surface area contributed by atoms with Gasteiger partial charge in [0, 0.05) is 11.1 Å². The number of ketones is 1. The first-order valence-corrected chi connectivity index (χ1v) is 4.76. The van der Waals surface area contributed by atoms with Crippen LogP contribution in [0.1, 0.15) is 15.9 Å². The average molecular weight is 255 g/mol. The Bertz CT molecular complexity index is 458. The second kappa shape index (κ2) is 6.42. The van der Waals surface area contributed by atoms with Crippen molar-refractivity contribution in [3.05, 3.63) is 65.5 Å². The Labute approximate surface area is 141 Å². The van der Waals surface area contributed by atoms with Crippen LogP contribution in [0.2, 0.25) is 0 Å². The fourth-order valence-corrected chi connectivity index (χ4v) is 1.38. The zero-order valence-corrected chi connectivity index (χ0v) is 12.5. The van der Waals surface area contributed by atoms with Crippen molar-refractivity contribution in [2.24, 2.45) is 0 Å². The van der Waals surface area contributed by atoms with E-state index in [-0.39, 0.29) is 68.7 Å². The van der Waals surface area contributed by atoms with Gasteiger partial charge in [-0.25, -0.2) is 4.39 Å². The fourth-order valence-electron chi connectivity index (χ4n) is 1.38. The van der Waals surface area contributed by atoms with Crippen LogP contribution in [0.5, 0.6) is 5.75 Å². The number of aromatic hydroxyl groups is 1. The van der Waals surface area contributed by atoms with Crippen LogP contribution in [0.4, 0.5) is 4.39 Å². The van der Waals surface area contributed by atoms with Gasteiger partial charge < -0.3 is 5.11 Å². The van der Waals surface area contributed by atoms with Gasteiger partial charge in [0.05, 0.1) is 0 Å². The molecule has 0 aliphatic rings. The summed E-state index contributed by atoms with van der Waals surface area (Å²) in [6.07, 6.45) is 0. The minimum absolute atomic E-state index is 0. The first kappa shape index (κ1) is 14.5. The minimum atomic E-state index is -0.373. The SMILES string of the molecule is O=C(c1ccc(O)cc1)c1ccc(F)cc1.[K+]. The quantitative estimate of drug-likeness (QED) is 0.594. The largest absolute Gasteiger partial charge is 1.00 e. The summed E-state index contributed by atoms with van der Waals surface area (Å²) in [5, 5.41) is 9.08. The van der Waals surface area contributed by atoms with E-state index in [0.717, 1.165) is 0 Å². The van der Waals surface area contributed by atoms with Gasteiger partial charge in [-0.1, -0.05) is 0 Å². The normalized spacial score (nSPS) is 9.47. The van der Waals surface area contributed by atoms with Gasteiger partial charge in [-0.05, 0) is 48.5 Å². The number of phenols is 1. The zero-order chi connectivity index (χ0) is 11.5. The van der Waals surface area contributed by atoms with Crippen LogP contribution in [0, 0.1) is 5.82 Å². The molecule has 17 heavy (non-hydrogen) atoms. The van der Waals surface area contributed by atoms with Gasteiger partial charge in [0.25, 0.3) is 0 Å². The summed E-state index contributed by atoms with van der Waals surface area (Å²) < 4.78 is 12.7. The second-order valence-electron chi connectivity index (χ2n) is 3.38. The van der Waals surface area contributed by atoms with E-state index in [1.54, 1.807) is 0 Å². The molecule has 2 aromatic rings. The monoisotopic (exact) mass is 255 g/mol. The fraction of sp³-hybridized carbons (Fsp3) is 0. The minimum Gasteiger partial charge on any atom is -0.508 e. The molecule has 2 aromatic carbocycles. The predicted molar refractivity (Wildman–Crippen MR) is 57.9 cm³/mol. The Balaban J connectivity index is 0.00000144. The van der Waals surface area contributed by atoms with E-state index in [1.165, 1.54) is 48.5 Å². The van der Waals surface area contributed by atoms with E-state index in [1.807, 2.05) is 0 Å². The van der Waals surface area contributed by atoms with Crippen LogP contribution in [0.25, 0.3) is 0 Å². The zero-order valence-electron chi connectivity index (χ0n) is 9.35. The third-order valence-corrected chi connectivity index (χ3v) is 2.24. The molecule has 1 N–H and O–H groups in total. The summed E-state index contributed by atoms with van der Waals surface area (Å²) in [5.74, 6) is -0.460. The number of carbonyl (C=O) groups excluding carboxylic acids is 1. The van der Waals surface area contributed by atoms with Crippen LogP contribution >= 0.6 is 0 Å². The Morgan fingerprint density at radius 3 is 1.76 bits per heavy atom. The van der Waals surface area contributed by atoms with Gasteiger partial charge in [0.15, 0.2) is 5.78 Å². The Morgan fingerprint density at radius 1 is 0.882 bits per heavy atom. The van der Waals surface area contributed by atoms with E-state index >= 15 is 0 Å². The third kappa shape index (κ3) is 3.72. The van der Waals surface area contributed by atoms with Crippen molar-refractivity contribution in [3.63, 3.8) is 0 Å². The maximum atomic E-state index is 12.7. The van der Waals surface area contributed by atoms with Gasteiger partial charge in [-0.2, -0.15) is 0 Å². The molecule has 0 bridgehead atoms. The van der Waals surface area contributed by atoms with Crippen molar-refractivity contribution in [1.82, 2.24) is 0 Å². The number of hydrogen-bond donors (Lipinski definition) is 1. The molecule has 0 aromatic heterocycles. The summed E-state index contributed by atoms with van der Waals surface area (Å²) in [6.45, 7) is 0. The molecule has 0 aliphatic heterocycles. The van der Waals surface area contributed by atoms with Crippen molar-refractivity contribution in [3.8, 4) is 5.75 Å². The molecular formula is C13H9FKO2+. The number of halogens is 1. The summed E-state index contributed by atoms with van der Waals surface area (Å²) in [4.78, 5) is 11.9. The summed E-state index contributed by atoms with van der Waals surface area (Å²) >= 11 is 0. The molecule has 0 radical (unpaired) electrons. The molecule has 0 unspecified atom stereocenters. The molecule has 0 heterocycles. The number of hydrogen-bond acceptors (Lipinski definition) is 2. The number of phenolic OH excluding ortho intramolecular Hbond substituents is 1. The maximum absolute atomic E-state index is 12.7. The van der Waals surface area contributed by atoms with Crippen molar-refractivity contribution < 1.29 is 65.7 Å². The van der Waals surface area contributed by atoms with Crippen LogP contribution in [0.3, 0.4) is 0 Å². The van der Waals surface area contributed by atoms with Crippen LogP contribution < -0.4 is 51.4 Å². The predicted octanol–water partition coefficient (Wildman–Crippen LogP) is -0.234. The first-order chi connectivity index (χ1) is 7.66. The topological polar surface area (TPSA) is 37.3 Å². The standard InChI is InChI=1S/C13H9FO2.K/c14-11-5-1-9(2-6-11)13(16)10-3-7-12(15)8-4-10;/h1-8,15H;/q;+1. The molecule has 2 nitrogen and oxygen atoms in total. The molecule has 0 aliphatic carbocycles. The van der Waals surface area contributed by atoms with Crippen LogP contribution in [-0.2, 0) is 0 Å². The van der Waals surface area contributed by atoms with Crippen molar-refractivity contribution in [2.75, 3.05) is 0 Å². The van der Waals surface area contributed by atoms with Gasteiger partial charge in [0.2, 0.25) is 0 Å². The van der Waals surface area contributed by atoms with E-state index in [9.17, 15) is 9.18 Å². The Kier molecular flexibility index (Phi) is 5.49. The smallest absolute Gasteiger partial charge is 0.508 e. The molecule has 0 fully saturated rings. The first-order valence-electron chi connectivity index (χ1n) is 4.76. The number of carbonyl (C=O) groups is 1. The Hall–Kier alpha value is -0.524. The Morgan fingerprint density at radius 2 is 1.29 bits per heavy atom. The molecule has 0 saturated carbocycles. The molecule has 0 saturated heterocycles. The van der Waals surface area contributed by atoms with Gasteiger partial charge >= 0.3 is 51.4 Å². The number of benzene rings is 2. The van der Waals surface area contributed by atoms with Crippen molar-refractivity contribution in [2.45, 2.75) is 0 Å². The van der Waals surface area contributed by atoms with E-state index in [4.69, 9.17) is 5.11 Å².